The molecule has 0 saturated heterocycles. The van der Waals surface area contributed by atoms with Gasteiger partial charge in [-0.2, -0.15) is 0 Å². The number of alkyl halides is 1. The lowest BCUT2D eigenvalue weighted by Gasteiger charge is -2.29. The van der Waals surface area contributed by atoms with Gasteiger partial charge in [-0.15, -0.1) is 11.6 Å². The molecule has 0 saturated carbocycles. The number of aliphatic hydroxyl groups excluding tert-OH is 2. The summed E-state index contributed by atoms with van der Waals surface area (Å²) in [5, 5.41) is 26.5. The number of phenolic OH excluding ortho intramolecular Hbond substituents is 1. The quantitative estimate of drug-likeness (QED) is 0.346. The van der Waals surface area contributed by atoms with Crippen molar-refractivity contribution in [3.8, 4) is 5.75 Å². The fraction of sp³-hybridized carbons (Fsp3) is 0.417. The average molecular weight is 437 g/mol. The number of phenols is 1. The first-order chi connectivity index (χ1) is 14.5. The molecule has 0 aromatic heterocycles. The summed E-state index contributed by atoms with van der Waals surface area (Å²) in [6.45, 7) is 7.52. The molecule has 5 nitrogen and oxygen atoms in total. The minimum Gasteiger partial charge on any atom is -0.508 e. The van der Waals surface area contributed by atoms with Crippen LogP contribution in [0.4, 0.5) is 0 Å². The molecule has 0 fully saturated rings. The third-order valence-electron chi connectivity index (χ3n) is 4.31. The molecule has 0 spiro atoms. The van der Waals surface area contributed by atoms with E-state index in [4.69, 9.17) is 36.4 Å². The molecule has 0 atom stereocenters. The number of aliphatic hydroxyl groups is 2. The van der Waals surface area contributed by atoms with Crippen molar-refractivity contribution >= 4 is 17.7 Å². The van der Waals surface area contributed by atoms with Gasteiger partial charge in [-0.05, 0) is 35.2 Å². The van der Waals surface area contributed by atoms with E-state index < -0.39 is 0 Å². The van der Waals surface area contributed by atoms with E-state index >= 15 is 0 Å². The smallest absolute Gasteiger partial charge is 0.115 e. The molecule has 0 amide bonds. The second-order valence-electron chi connectivity index (χ2n) is 7.29. The lowest BCUT2D eigenvalue weighted by Crippen LogP contribution is -2.32. The van der Waals surface area contributed by atoms with E-state index in [9.17, 15) is 0 Å². The van der Waals surface area contributed by atoms with Gasteiger partial charge < -0.3 is 24.8 Å². The maximum Gasteiger partial charge on any atom is 0.115 e. The van der Waals surface area contributed by atoms with Crippen LogP contribution >= 0.6 is 11.6 Å². The van der Waals surface area contributed by atoms with Gasteiger partial charge in [0.05, 0.1) is 39.6 Å². The summed E-state index contributed by atoms with van der Waals surface area (Å²) in [6.07, 6.45) is 2.62. The van der Waals surface area contributed by atoms with E-state index in [1.54, 1.807) is 24.3 Å². The standard InChI is InChI=1S/C17H26O4.C7H7ClO/c1-3-15-4-6-16(7-5-15)12-17(2,13-20-10-8-18)14-21-11-9-19;8-5-6-1-3-7(9)4-2-6/h3-7,18-19H,1,8-14H2,2H3;1-4,9H,5H2. The first kappa shape index (κ1) is 26.1. The first-order valence-electron chi connectivity index (χ1n) is 9.89. The Hall–Kier alpha value is -1.89. The number of hydrogen-bond acceptors (Lipinski definition) is 5. The maximum absolute atomic E-state index is 8.83. The van der Waals surface area contributed by atoms with Crippen molar-refractivity contribution in [3.05, 3.63) is 71.8 Å². The number of halogens is 1. The van der Waals surface area contributed by atoms with Crippen molar-refractivity contribution in [2.45, 2.75) is 19.2 Å². The Labute approximate surface area is 184 Å². The monoisotopic (exact) mass is 436 g/mol. The van der Waals surface area contributed by atoms with Crippen LogP contribution in [0.5, 0.6) is 5.75 Å². The molecule has 6 heteroatoms. The molecule has 2 rings (SSSR count). The Morgan fingerprint density at radius 1 is 0.900 bits per heavy atom. The van der Waals surface area contributed by atoms with Gasteiger partial charge in [-0.3, -0.25) is 0 Å². The summed E-state index contributed by atoms with van der Waals surface area (Å²) >= 11 is 5.50. The zero-order valence-corrected chi connectivity index (χ0v) is 18.4. The van der Waals surface area contributed by atoms with Crippen LogP contribution in [0.3, 0.4) is 0 Å². The average Bonchev–Trinajstić information content (AvgIpc) is 2.76. The summed E-state index contributed by atoms with van der Waals surface area (Å²) in [5.41, 5.74) is 3.12. The summed E-state index contributed by atoms with van der Waals surface area (Å²) in [7, 11) is 0. The zero-order valence-electron chi connectivity index (χ0n) is 17.6. The normalized spacial score (nSPS) is 10.9. The first-order valence-corrected chi connectivity index (χ1v) is 10.4. The van der Waals surface area contributed by atoms with Crippen molar-refractivity contribution in [2.75, 3.05) is 39.6 Å². The number of aromatic hydroxyl groups is 1. The van der Waals surface area contributed by atoms with Crippen LogP contribution in [0.25, 0.3) is 6.08 Å². The van der Waals surface area contributed by atoms with Crippen molar-refractivity contribution in [1.29, 1.82) is 0 Å². The fourth-order valence-corrected chi connectivity index (χ4v) is 2.94. The van der Waals surface area contributed by atoms with E-state index in [0.717, 1.165) is 17.5 Å². The molecular weight excluding hydrogens is 404 g/mol. The van der Waals surface area contributed by atoms with E-state index in [2.05, 4.69) is 25.6 Å². The molecule has 2 aromatic carbocycles. The third kappa shape index (κ3) is 10.8. The molecule has 2 aromatic rings. The third-order valence-corrected chi connectivity index (χ3v) is 4.62. The lowest BCUT2D eigenvalue weighted by atomic mass is 9.85. The second kappa shape index (κ2) is 15.0. The van der Waals surface area contributed by atoms with Crippen LogP contribution < -0.4 is 0 Å². The Morgan fingerprint density at radius 2 is 1.40 bits per heavy atom. The van der Waals surface area contributed by atoms with Gasteiger partial charge in [0.15, 0.2) is 0 Å². The number of hydrogen-bond donors (Lipinski definition) is 3. The Kier molecular flexibility index (Phi) is 13.1. The van der Waals surface area contributed by atoms with Crippen LogP contribution in [0.2, 0.25) is 0 Å². The summed E-state index contributed by atoms with van der Waals surface area (Å²) in [5.74, 6) is 0.782. The van der Waals surface area contributed by atoms with E-state index in [1.807, 2.05) is 18.2 Å². The van der Waals surface area contributed by atoms with Crippen molar-refractivity contribution in [3.63, 3.8) is 0 Å². The Morgan fingerprint density at radius 3 is 1.83 bits per heavy atom. The van der Waals surface area contributed by atoms with Crippen molar-refractivity contribution < 1.29 is 24.8 Å². The maximum atomic E-state index is 8.83. The largest absolute Gasteiger partial charge is 0.508 e. The lowest BCUT2D eigenvalue weighted by molar-refractivity contribution is -0.0271. The number of ether oxygens (including phenoxy) is 2. The summed E-state index contributed by atoms with van der Waals surface area (Å²) in [4.78, 5) is 0. The summed E-state index contributed by atoms with van der Waals surface area (Å²) < 4.78 is 11.0. The highest BCUT2D eigenvalue weighted by molar-refractivity contribution is 6.17. The molecule has 0 heterocycles. The van der Waals surface area contributed by atoms with Crippen LogP contribution in [-0.4, -0.2) is 55.0 Å². The molecule has 30 heavy (non-hydrogen) atoms. The predicted octanol–water partition coefficient (Wildman–Crippen LogP) is 4.03. The molecule has 0 bridgehead atoms. The van der Waals surface area contributed by atoms with Gasteiger partial charge >= 0.3 is 0 Å². The van der Waals surface area contributed by atoms with Crippen molar-refractivity contribution in [1.82, 2.24) is 0 Å². The highest BCUT2D eigenvalue weighted by Crippen LogP contribution is 2.24. The second-order valence-corrected chi connectivity index (χ2v) is 7.55. The molecule has 166 valence electrons. The van der Waals surface area contributed by atoms with Crippen LogP contribution in [0.1, 0.15) is 23.6 Å². The van der Waals surface area contributed by atoms with Gasteiger partial charge in [-0.25, -0.2) is 0 Å². The van der Waals surface area contributed by atoms with Gasteiger partial charge in [0.2, 0.25) is 0 Å². The minimum atomic E-state index is -0.194. The minimum absolute atomic E-state index is 0.0155. The molecule has 0 aliphatic rings. The van der Waals surface area contributed by atoms with Crippen LogP contribution in [0.15, 0.2) is 55.1 Å². The molecule has 0 aliphatic heterocycles. The zero-order chi connectivity index (χ0) is 22.2. The van der Waals surface area contributed by atoms with E-state index in [1.165, 1.54) is 5.56 Å². The van der Waals surface area contributed by atoms with Crippen LogP contribution in [-0.2, 0) is 21.8 Å². The van der Waals surface area contributed by atoms with Gasteiger partial charge in [0.1, 0.15) is 5.75 Å². The summed E-state index contributed by atoms with van der Waals surface area (Å²) in [6, 6.07) is 15.1. The van der Waals surface area contributed by atoms with Crippen LogP contribution in [0, 0.1) is 5.41 Å². The fourth-order valence-electron chi connectivity index (χ4n) is 2.76. The Balaban J connectivity index is 0.000000414. The molecule has 0 unspecified atom stereocenters. The van der Waals surface area contributed by atoms with E-state index in [-0.39, 0.29) is 24.4 Å². The highest BCUT2D eigenvalue weighted by Gasteiger charge is 2.25. The molecule has 0 radical (unpaired) electrons. The molecule has 0 aliphatic carbocycles. The van der Waals surface area contributed by atoms with E-state index in [0.29, 0.717) is 32.3 Å². The van der Waals surface area contributed by atoms with Crippen molar-refractivity contribution in [2.24, 2.45) is 5.41 Å². The van der Waals surface area contributed by atoms with Gasteiger partial charge in [-0.1, -0.05) is 56.0 Å². The highest BCUT2D eigenvalue weighted by atomic mass is 35.5. The topological polar surface area (TPSA) is 79.2 Å². The molecule has 3 N–H and O–H groups in total. The SMILES string of the molecule is C=Cc1ccc(CC(C)(COCCO)COCCO)cc1.Oc1ccc(CCl)cc1. The molecular formula is C24H33ClO5. The van der Waals surface area contributed by atoms with Gasteiger partial charge in [0, 0.05) is 11.3 Å². The number of rotatable bonds is 12. The predicted molar refractivity (Wildman–Crippen MR) is 122 cm³/mol. The van der Waals surface area contributed by atoms with Gasteiger partial charge in [0.25, 0.3) is 0 Å². The Bertz CT molecular complexity index is 691. The number of benzene rings is 2.